The fraction of sp³-hybridized carbons (Fsp3) is 0.591. The minimum Gasteiger partial charge on any atom is -0.344 e. The van der Waals surface area contributed by atoms with Crippen molar-refractivity contribution in [1.82, 2.24) is 15.7 Å². The summed E-state index contributed by atoms with van der Waals surface area (Å²) in [6.07, 6.45) is 6.91. The number of hydroxylamine groups is 1. The second-order valence-corrected chi connectivity index (χ2v) is 7.86. The van der Waals surface area contributed by atoms with E-state index < -0.39 is 17.9 Å². The Labute approximate surface area is 172 Å². The number of likely N-dealkylation sites (N-methyl/N-ethyl adjacent to an activating group) is 1. The zero-order chi connectivity index (χ0) is 21.1. The zero-order valence-corrected chi connectivity index (χ0v) is 17.2. The van der Waals surface area contributed by atoms with Crippen molar-refractivity contribution in [2.75, 3.05) is 13.6 Å². The molecule has 0 aromatic heterocycles. The van der Waals surface area contributed by atoms with E-state index >= 15 is 0 Å². The summed E-state index contributed by atoms with van der Waals surface area (Å²) in [5.74, 6) is -1.59. The van der Waals surface area contributed by atoms with E-state index in [0.29, 0.717) is 19.4 Å². The Kier molecular flexibility index (Phi) is 9.64. The van der Waals surface area contributed by atoms with E-state index in [-0.39, 0.29) is 18.2 Å². The lowest BCUT2D eigenvalue weighted by Crippen LogP contribution is -2.50. The van der Waals surface area contributed by atoms with Crippen molar-refractivity contribution < 1.29 is 19.6 Å². The standard InChI is InChI=1S/C22H33N3O4/c1-25-14-10-5-3-2-4-9-13-18(16-20(26)24-29)21(27)23-19(22(25)28)15-17-11-7-6-8-12-17/h6-8,11-12,18-19,29H,2-5,9-10,13-16H2,1H3,(H,23,27)(H,24,26). The molecule has 1 aliphatic rings. The van der Waals surface area contributed by atoms with Gasteiger partial charge in [0, 0.05) is 32.4 Å². The summed E-state index contributed by atoms with van der Waals surface area (Å²) in [5.41, 5.74) is 2.57. The van der Waals surface area contributed by atoms with Crippen molar-refractivity contribution in [3.63, 3.8) is 0 Å². The molecule has 1 fully saturated rings. The molecular formula is C22H33N3O4. The first-order chi connectivity index (χ1) is 14.0. The van der Waals surface area contributed by atoms with Crippen LogP contribution in [-0.4, -0.2) is 47.5 Å². The number of amides is 3. The Morgan fingerprint density at radius 3 is 2.45 bits per heavy atom. The number of carbonyl (C=O) groups excluding carboxylic acids is 3. The van der Waals surface area contributed by atoms with Crippen molar-refractivity contribution in [3.8, 4) is 0 Å². The molecule has 0 spiro atoms. The summed E-state index contributed by atoms with van der Waals surface area (Å²) < 4.78 is 0. The average molecular weight is 404 g/mol. The predicted molar refractivity (Wildman–Crippen MR) is 110 cm³/mol. The van der Waals surface area contributed by atoms with Gasteiger partial charge in [-0.25, -0.2) is 5.48 Å². The van der Waals surface area contributed by atoms with Crippen LogP contribution in [0, 0.1) is 5.92 Å². The second kappa shape index (κ2) is 12.2. The molecule has 7 nitrogen and oxygen atoms in total. The monoisotopic (exact) mass is 403 g/mol. The van der Waals surface area contributed by atoms with Gasteiger partial charge in [-0.2, -0.15) is 0 Å². The Bertz CT molecular complexity index is 665. The van der Waals surface area contributed by atoms with Crippen LogP contribution >= 0.6 is 0 Å². The van der Waals surface area contributed by atoms with Gasteiger partial charge in [-0.05, 0) is 18.4 Å². The minimum atomic E-state index is -0.683. The number of hydrogen-bond donors (Lipinski definition) is 3. The third-order valence-corrected chi connectivity index (χ3v) is 5.50. The molecule has 7 heteroatoms. The topological polar surface area (TPSA) is 98.7 Å². The number of carbonyl (C=O) groups is 3. The Hall–Kier alpha value is -2.41. The van der Waals surface area contributed by atoms with E-state index in [0.717, 1.165) is 44.1 Å². The summed E-state index contributed by atoms with van der Waals surface area (Å²) in [6, 6.07) is 8.90. The minimum absolute atomic E-state index is 0.0928. The van der Waals surface area contributed by atoms with Gasteiger partial charge in [-0.1, -0.05) is 62.4 Å². The van der Waals surface area contributed by atoms with Crippen molar-refractivity contribution in [2.45, 2.75) is 63.8 Å². The average Bonchev–Trinajstić information content (AvgIpc) is 2.73. The van der Waals surface area contributed by atoms with E-state index in [1.165, 1.54) is 0 Å². The van der Waals surface area contributed by atoms with E-state index in [9.17, 15) is 14.4 Å². The lowest BCUT2D eigenvalue weighted by Gasteiger charge is -2.27. The van der Waals surface area contributed by atoms with Crippen LogP contribution in [0.15, 0.2) is 30.3 Å². The summed E-state index contributed by atoms with van der Waals surface area (Å²) in [6.45, 7) is 0.663. The van der Waals surface area contributed by atoms with Gasteiger partial charge in [-0.3, -0.25) is 19.6 Å². The SMILES string of the molecule is CN1CCCCCCCCC(CC(=O)NO)C(=O)NC(Cc2ccccc2)C1=O. The summed E-state index contributed by atoms with van der Waals surface area (Å²) >= 11 is 0. The van der Waals surface area contributed by atoms with Crippen LogP contribution < -0.4 is 10.8 Å². The van der Waals surface area contributed by atoms with Crippen LogP contribution in [0.5, 0.6) is 0 Å². The summed E-state index contributed by atoms with van der Waals surface area (Å²) in [7, 11) is 1.77. The first-order valence-corrected chi connectivity index (χ1v) is 10.5. The van der Waals surface area contributed by atoms with Crippen molar-refractivity contribution in [3.05, 3.63) is 35.9 Å². The fourth-order valence-electron chi connectivity index (χ4n) is 3.76. The Morgan fingerprint density at radius 1 is 1.10 bits per heavy atom. The lowest BCUT2D eigenvalue weighted by atomic mass is 9.94. The van der Waals surface area contributed by atoms with Gasteiger partial charge in [0.25, 0.3) is 0 Å². The molecule has 1 aromatic carbocycles. The first kappa shape index (κ1) is 22.9. The van der Waals surface area contributed by atoms with Crippen molar-refractivity contribution >= 4 is 17.7 Å². The third kappa shape index (κ3) is 7.85. The van der Waals surface area contributed by atoms with Gasteiger partial charge in [0.15, 0.2) is 0 Å². The Balaban J connectivity index is 2.19. The zero-order valence-electron chi connectivity index (χ0n) is 17.2. The van der Waals surface area contributed by atoms with Gasteiger partial charge in [0.1, 0.15) is 6.04 Å². The number of rotatable bonds is 4. The highest BCUT2D eigenvalue weighted by molar-refractivity contribution is 5.90. The number of hydrogen-bond acceptors (Lipinski definition) is 4. The maximum atomic E-state index is 13.0. The van der Waals surface area contributed by atoms with Gasteiger partial charge in [-0.15, -0.1) is 0 Å². The predicted octanol–water partition coefficient (Wildman–Crippen LogP) is 2.43. The molecule has 1 heterocycles. The molecule has 0 bridgehead atoms. The van der Waals surface area contributed by atoms with Crippen LogP contribution in [0.3, 0.4) is 0 Å². The normalized spacial score (nSPS) is 22.5. The fourth-order valence-corrected chi connectivity index (χ4v) is 3.76. The first-order valence-electron chi connectivity index (χ1n) is 10.5. The van der Waals surface area contributed by atoms with Crippen molar-refractivity contribution in [2.24, 2.45) is 5.92 Å². The van der Waals surface area contributed by atoms with Gasteiger partial charge in [0.05, 0.1) is 0 Å². The molecule has 1 aliphatic heterocycles. The maximum Gasteiger partial charge on any atom is 0.245 e. The number of nitrogens with zero attached hydrogens (tertiary/aromatic N) is 1. The second-order valence-electron chi connectivity index (χ2n) is 7.86. The lowest BCUT2D eigenvalue weighted by molar-refractivity contribution is -0.138. The molecule has 0 saturated carbocycles. The molecule has 1 aromatic rings. The molecule has 29 heavy (non-hydrogen) atoms. The van der Waals surface area contributed by atoms with Crippen molar-refractivity contribution in [1.29, 1.82) is 0 Å². The largest absolute Gasteiger partial charge is 0.344 e. The van der Waals surface area contributed by atoms with Crippen LogP contribution in [0.1, 0.15) is 56.9 Å². The van der Waals surface area contributed by atoms with E-state index in [1.54, 1.807) is 17.4 Å². The number of benzene rings is 1. The molecular weight excluding hydrogens is 370 g/mol. The van der Waals surface area contributed by atoms with Gasteiger partial charge in [0.2, 0.25) is 17.7 Å². The quantitative estimate of drug-likeness (QED) is 0.531. The highest BCUT2D eigenvalue weighted by atomic mass is 16.5. The van der Waals surface area contributed by atoms with Crippen LogP contribution in [-0.2, 0) is 20.8 Å². The van der Waals surface area contributed by atoms with E-state index in [2.05, 4.69) is 5.32 Å². The van der Waals surface area contributed by atoms with Crippen LogP contribution in [0.2, 0.25) is 0 Å². The highest BCUT2D eigenvalue weighted by Crippen LogP contribution is 2.18. The molecule has 1 saturated heterocycles. The van der Waals surface area contributed by atoms with Gasteiger partial charge < -0.3 is 10.2 Å². The molecule has 2 rings (SSSR count). The van der Waals surface area contributed by atoms with Crippen LogP contribution in [0.25, 0.3) is 0 Å². The van der Waals surface area contributed by atoms with Crippen LogP contribution in [0.4, 0.5) is 0 Å². The highest BCUT2D eigenvalue weighted by Gasteiger charge is 2.29. The summed E-state index contributed by atoms with van der Waals surface area (Å²) in [5, 5.41) is 11.7. The van der Waals surface area contributed by atoms with E-state index in [4.69, 9.17) is 5.21 Å². The van der Waals surface area contributed by atoms with E-state index in [1.807, 2.05) is 30.3 Å². The van der Waals surface area contributed by atoms with Gasteiger partial charge >= 0.3 is 0 Å². The number of nitrogens with one attached hydrogen (secondary N) is 2. The summed E-state index contributed by atoms with van der Waals surface area (Å²) in [4.78, 5) is 39.4. The smallest absolute Gasteiger partial charge is 0.245 e. The molecule has 3 amide bonds. The molecule has 3 N–H and O–H groups in total. The molecule has 2 atom stereocenters. The molecule has 2 unspecified atom stereocenters. The Morgan fingerprint density at radius 2 is 1.76 bits per heavy atom. The molecule has 0 radical (unpaired) electrons. The molecule has 160 valence electrons. The maximum absolute atomic E-state index is 13.0. The molecule has 0 aliphatic carbocycles. The third-order valence-electron chi connectivity index (χ3n) is 5.50.